The summed E-state index contributed by atoms with van der Waals surface area (Å²) in [5.41, 5.74) is 4.51. The first-order valence-electron chi connectivity index (χ1n) is 10.8. The van der Waals surface area contributed by atoms with Gasteiger partial charge in [-0.2, -0.15) is 0 Å². The van der Waals surface area contributed by atoms with Crippen molar-refractivity contribution in [3.63, 3.8) is 0 Å². The number of hydrogen-bond acceptors (Lipinski definition) is 6. The highest BCUT2D eigenvalue weighted by Gasteiger charge is 2.29. The van der Waals surface area contributed by atoms with Crippen molar-refractivity contribution in [1.29, 1.82) is 0 Å². The Hall–Kier alpha value is -3.15. The maximum absolute atomic E-state index is 5.52. The predicted molar refractivity (Wildman–Crippen MR) is 121 cm³/mol. The van der Waals surface area contributed by atoms with E-state index in [1.54, 1.807) is 0 Å². The summed E-state index contributed by atoms with van der Waals surface area (Å²) in [7, 11) is 0. The molecule has 0 amide bonds. The van der Waals surface area contributed by atoms with E-state index in [1.165, 1.54) is 0 Å². The number of fused-ring (bicyclic) bond motifs is 1. The molecular formula is C25H29N5O. The van der Waals surface area contributed by atoms with Crippen molar-refractivity contribution in [3.8, 4) is 0 Å². The highest BCUT2D eigenvalue weighted by atomic mass is 16.5. The Labute approximate surface area is 183 Å². The lowest BCUT2D eigenvalue weighted by molar-refractivity contribution is 0.403. The molecule has 160 valence electrons. The van der Waals surface area contributed by atoms with E-state index in [0.717, 1.165) is 46.0 Å². The van der Waals surface area contributed by atoms with Crippen molar-refractivity contribution in [2.24, 2.45) is 0 Å². The second-order valence-electron chi connectivity index (χ2n) is 9.18. The van der Waals surface area contributed by atoms with Crippen LogP contribution >= 0.6 is 0 Å². The fraction of sp³-hybridized carbons (Fsp3) is 0.400. The number of aromatic nitrogens is 5. The van der Waals surface area contributed by atoms with Crippen LogP contribution in [0.25, 0.3) is 11.0 Å². The van der Waals surface area contributed by atoms with E-state index in [0.29, 0.717) is 12.3 Å². The molecule has 1 atom stereocenters. The van der Waals surface area contributed by atoms with Crippen LogP contribution in [-0.4, -0.2) is 25.1 Å². The second kappa shape index (κ2) is 8.53. The fourth-order valence-electron chi connectivity index (χ4n) is 3.85. The molecule has 0 spiro atoms. The highest BCUT2D eigenvalue weighted by molar-refractivity contribution is 5.80. The van der Waals surface area contributed by atoms with Gasteiger partial charge in [0.15, 0.2) is 5.58 Å². The van der Waals surface area contributed by atoms with Crippen LogP contribution in [0, 0.1) is 0 Å². The Morgan fingerprint density at radius 3 is 2.58 bits per heavy atom. The largest absolute Gasteiger partial charge is 0.356 e. The third kappa shape index (κ3) is 4.63. The summed E-state index contributed by atoms with van der Waals surface area (Å²) in [5.74, 6) is 1.39. The van der Waals surface area contributed by atoms with Crippen LogP contribution in [0.3, 0.4) is 0 Å². The minimum Gasteiger partial charge on any atom is -0.356 e. The van der Waals surface area contributed by atoms with Gasteiger partial charge in [0, 0.05) is 47.4 Å². The summed E-state index contributed by atoms with van der Waals surface area (Å²) < 4.78 is 5.52. The zero-order valence-corrected chi connectivity index (χ0v) is 18.8. The van der Waals surface area contributed by atoms with Crippen molar-refractivity contribution in [3.05, 3.63) is 77.5 Å². The first-order chi connectivity index (χ1) is 14.8. The molecule has 0 saturated carbocycles. The lowest BCUT2D eigenvalue weighted by Crippen LogP contribution is -2.23. The number of hydrogen-bond donors (Lipinski definition) is 0. The van der Waals surface area contributed by atoms with E-state index < -0.39 is 0 Å². The maximum Gasteiger partial charge on any atom is 0.167 e. The Morgan fingerprint density at radius 1 is 0.968 bits per heavy atom. The summed E-state index contributed by atoms with van der Waals surface area (Å²) in [4.78, 5) is 18.5. The van der Waals surface area contributed by atoms with E-state index in [9.17, 15) is 0 Å². The summed E-state index contributed by atoms with van der Waals surface area (Å²) >= 11 is 0. The van der Waals surface area contributed by atoms with Gasteiger partial charge in [-0.05, 0) is 30.5 Å². The van der Waals surface area contributed by atoms with Gasteiger partial charge in [0.25, 0.3) is 0 Å². The van der Waals surface area contributed by atoms with E-state index in [2.05, 4.69) is 55.8 Å². The summed E-state index contributed by atoms with van der Waals surface area (Å²) in [6.07, 6.45) is 7.01. The van der Waals surface area contributed by atoms with Crippen molar-refractivity contribution >= 4 is 11.0 Å². The molecule has 1 unspecified atom stereocenters. The van der Waals surface area contributed by atoms with Crippen LogP contribution < -0.4 is 0 Å². The van der Waals surface area contributed by atoms with Crippen LogP contribution in [0.2, 0.25) is 0 Å². The zero-order chi connectivity index (χ0) is 22.0. The van der Waals surface area contributed by atoms with E-state index >= 15 is 0 Å². The van der Waals surface area contributed by atoms with Crippen LogP contribution in [0.4, 0.5) is 0 Å². The molecule has 4 rings (SSSR count). The maximum atomic E-state index is 5.52. The van der Waals surface area contributed by atoms with Crippen molar-refractivity contribution in [1.82, 2.24) is 25.1 Å². The van der Waals surface area contributed by atoms with E-state index in [4.69, 9.17) is 14.5 Å². The lowest BCUT2D eigenvalue weighted by atomic mass is 9.83. The van der Waals surface area contributed by atoms with Crippen LogP contribution in [0.5, 0.6) is 0 Å². The molecule has 0 saturated heterocycles. The summed E-state index contributed by atoms with van der Waals surface area (Å²) in [5, 5.41) is 5.40. The molecule has 0 aliphatic carbocycles. The van der Waals surface area contributed by atoms with Gasteiger partial charge in [0.05, 0.1) is 17.1 Å². The van der Waals surface area contributed by atoms with Gasteiger partial charge < -0.3 is 4.52 Å². The number of benzene rings is 1. The van der Waals surface area contributed by atoms with E-state index in [-0.39, 0.29) is 11.3 Å². The molecule has 4 aromatic rings. The minimum atomic E-state index is -0.258. The Kier molecular flexibility index (Phi) is 5.81. The monoisotopic (exact) mass is 415 g/mol. The number of para-hydroxylation sites is 1. The molecule has 0 radical (unpaired) electrons. The topological polar surface area (TPSA) is 77.6 Å². The Bertz CT molecular complexity index is 1180. The van der Waals surface area contributed by atoms with Gasteiger partial charge in [0.2, 0.25) is 0 Å². The van der Waals surface area contributed by atoms with Gasteiger partial charge in [-0.15, -0.1) is 0 Å². The molecule has 1 aromatic carbocycles. The third-order valence-electron chi connectivity index (χ3n) is 5.66. The van der Waals surface area contributed by atoms with Crippen molar-refractivity contribution < 1.29 is 4.52 Å². The molecule has 0 fully saturated rings. The molecule has 0 N–H and O–H groups in total. The Balaban J connectivity index is 1.53. The van der Waals surface area contributed by atoms with Gasteiger partial charge in [0.1, 0.15) is 5.82 Å². The SMILES string of the molecule is CC(C)c1cncc(CC(C)c2ccnc(CC(C)(C)c3noc4ccccc34)n2)n1. The molecule has 31 heavy (non-hydrogen) atoms. The van der Waals surface area contributed by atoms with Crippen molar-refractivity contribution in [2.75, 3.05) is 0 Å². The fourth-order valence-corrected chi connectivity index (χ4v) is 3.85. The molecule has 3 heterocycles. The quantitative estimate of drug-likeness (QED) is 0.402. The average molecular weight is 416 g/mol. The third-order valence-corrected chi connectivity index (χ3v) is 5.66. The second-order valence-corrected chi connectivity index (χ2v) is 9.18. The normalized spacial score (nSPS) is 13.1. The van der Waals surface area contributed by atoms with Crippen LogP contribution in [0.1, 0.15) is 75.1 Å². The van der Waals surface area contributed by atoms with Gasteiger partial charge in [-0.1, -0.05) is 51.9 Å². The summed E-state index contributed by atoms with van der Waals surface area (Å²) in [6.45, 7) is 10.8. The molecule has 0 aliphatic rings. The van der Waals surface area contributed by atoms with Crippen LogP contribution in [0.15, 0.2) is 53.4 Å². The molecule has 6 nitrogen and oxygen atoms in total. The standard InChI is InChI=1S/C25H29N5O/c1-16(2)21-15-26-14-18(28-21)12-17(3)20-10-11-27-23(29-20)13-25(4,5)24-19-8-6-7-9-22(19)31-30-24/h6-11,14-17H,12-13H2,1-5H3. The van der Waals surface area contributed by atoms with Gasteiger partial charge in [-0.3, -0.25) is 9.97 Å². The smallest absolute Gasteiger partial charge is 0.167 e. The molecule has 0 bridgehead atoms. The summed E-state index contributed by atoms with van der Waals surface area (Å²) in [6, 6.07) is 9.95. The lowest BCUT2D eigenvalue weighted by Gasteiger charge is -2.22. The molecule has 0 aliphatic heterocycles. The molecule has 6 heteroatoms. The average Bonchev–Trinajstić information content (AvgIpc) is 3.19. The number of nitrogens with zero attached hydrogens (tertiary/aromatic N) is 5. The van der Waals surface area contributed by atoms with Gasteiger partial charge >= 0.3 is 0 Å². The minimum absolute atomic E-state index is 0.217. The van der Waals surface area contributed by atoms with Gasteiger partial charge in [-0.25, -0.2) is 9.97 Å². The first-order valence-corrected chi connectivity index (χ1v) is 10.8. The molecule has 3 aromatic heterocycles. The first kappa shape index (κ1) is 21.1. The van der Waals surface area contributed by atoms with Crippen LogP contribution in [-0.2, 0) is 18.3 Å². The van der Waals surface area contributed by atoms with Crippen molar-refractivity contribution in [2.45, 2.75) is 64.7 Å². The van der Waals surface area contributed by atoms with E-state index in [1.807, 2.05) is 42.9 Å². The zero-order valence-electron chi connectivity index (χ0n) is 18.8. The molecular weight excluding hydrogens is 386 g/mol. The predicted octanol–water partition coefficient (Wildman–Crippen LogP) is 5.40. The number of rotatable bonds is 7. The highest BCUT2D eigenvalue weighted by Crippen LogP contribution is 2.32. The Morgan fingerprint density at radius 2 is 1.77 bits per heavy atom.